The van der Waals surface area contributed by atoms with Gasteiger partial charge in [-0.2, -0.15) is 0 Å². The molecule has 0 unspecified atom stereocenters. The van der Waals surface area contributed by atoms with E-state index in [2.05, 4.69) is 56.4 Å². The smallest absolute Gasteiger partial charge is 0.224 e. The van der Waals surface area contributed by atoms with E-state index in [1.54, 1.807) is 29.4 Å². The minimum Gasteiger partial charge on any atom is -0.478 e. The van der Waals surface area contributed by atoms with Gasteiger partial charge in [-0.15, -0.1) is 10.2 Å². The highest BCUT2D eigenvalue weighted by atomic mass is 16.5. The van der Waals surface area contributed by atoms with E-state index in [0.717, 1.165) is 39.4 Å². The van der Waals surface area contributed by atoms with Crippen LogP contribution in [-0.4, -0.2) is 48.1 Å². The highest BCUT2D eigenvalue weighted by Crippen LogP contribution is 2.30. The number of fused-ring (bicyclic) bond motifs is 2. The summed E-state index contributed by atoms with van der Waals surface area (Å²) in [4.78, 5) is 18.0. The van der Waals surface area contributed by atoms with Crippen molar-refractivity contribution >= 4 is 34.0 Å². The summed E-state index contributed by atoms with van der Waals surface area (Å²) in [6.07, 6.45) is 5.43. The van der Waals surface area contributed by atoms with Gasteiger partial charge in [0.2, 0.25) is 5.88 Å². The maximum atomic E-state index is 5.99. The number of ether oxygens (including phenoxy) is 2. The van der Waals surface area contributed by atoms with Crippen molar-refractivity contribution in [2.45, 2.75) is 33.2 Å². The normalized spacial score (nSPS) is 15.2. The molecule has 1 N–H and O–H groups in total. The number of anilines is 2. The summed E-state index contributed by atoms with van der Waals surface area (Å²) in [6.45, 7) is 6.97. The van der Waals surface area contributed by atoms with Gasteiger partial charge < -0.3 is 14.8 Å². The third-order valence-corrected chi connectivity index (χ3v) is 6.37. The molecule has 0 radical (unpaired) electrons. The van der Waals surface area contributed by atoms with Crippen LogP contribution in [0, 0.1) is 12.8 Å². The molecule has 10 nitrogen and oxygen atoms in total. The Labute approximate surface area is 213 Å². The Morgan fingerprint density at radius 3 is 2.84 bits per heavy atom. The zero-order chi connectivity index (χ0) is 25.4. The lowest BCUT2D eigenvalue weighted by Gasteiger charge is -2.12. The van der Waals surface area contributed by atoms with Gasteiger partial charge in [-0.1, -0.05) is 19.9 Å². The number of hydrogen-bond donors (Lipinski definition) is 1. The first-order valence-corrected chi connectivity index (χ1v) is 12.2. The number of nitrogens with one attached hydrogen (secondary N) is 1. The maximum Gasteiger partial charge on any atom is 0.224 e. The lowest BCUT2D eigenvalue weighted by molar-refractivity contribution is 0.287. The summed E-state index contributed by atoms with van der Waals surface area (Å²) in [6, 6.07) is 14.0. The summed E-state index contributed by atoms with van der Waals surface area (Å²) in [7, 11) is 0. The molecule has 1 aliphatic heterocycles. The molecular formula is C27H26N8O2. The molecule has 0 amide bonds. The van der Waals surface area contributed by atoms with Crippen LogP contribution in [0.15, 0.2) is 66.4 Å². The fourth-order valence-electron chi connectivity index (χ4n) is 4.22. The molecule has 0 bridgehead atoms. The molecule has 3 aromatic heterocycles. The molecule has 2 aromatic carbocycles. The fraction of sp³-hybridized carbons (Fsp3) is 0.259. The van der Waals surface area contributed by atoms with E-state index in [9.17, 15) is 0 Å². The monoisotopic (exact) mass is 494 g/mol. The Bertz CT molecular complexity index is 1630. The molecule has 0 spiro atoms. The molecule has 1 aliphatic rings. The zero-order valence-electron chi connectivity index (χ0n) is 20.8. The van der Waals surface area contributed by atoms with E-state index < -0.39 is 0 Å². The van der Waals surface area contributed by atoms with Crippen LogP contribution in [0.1, 0.15) is 25.0 Å². The molecule has 1 atom stereocenters. The van der Waals surface area contributed by atoms with Crippen LogP contribution in [0.4, 0.5) is 11.5 Å². The zero-order valence-corrected chi connectivity index (χ0v) is 20.8. The van der Waals surface area contributed by atoms with Crippen molar-refractivity contribution in [3.05, 3.63) is 72.6 Å². The number of hydrogen-bond acceptors (Lipinski definition) is 9. The van der Waals surface area contributed by atoms with E-state index in [4.69, 9.17) is 14.5 Å². The number of nitrogens with zero attached hydrogens (tertiary/aromatic N) is 7. The minimum atomic E-state index is 0.229. The van der Waals surface area contributed by atoms with Crippen LogP contribution in [0.3, 0.4) is 0 Å². The lowest BCUT2D eigenvalue weighted by atomic mass is 10.1. The lowest BCUT2D eigenvalue weighted by Crippen LogP contribution is -2.13. The van der Waals surface area contributed by atoms with E-state index >= 15 is 0 Å². The summed E-state index contributed by atoms with van der Waals surface area (Å²) < 4.78 is 13.5. The van der Waals surface area contributed by atoms with E-state index in [-0.39, 0.29) is 6.04 Å². The highest BCUT2D eigenvalue weighted by Gasteiger charge is 2.22. The van der Waals surface area contributed by atoms with Gasteiger partial charge in [-0.3, -0.25) is 4.40 Å². The molecule has 0 saturated heterocycles. The second-order valence-electron chi connectivity index (χ2n) is 9.43. The molecular weight excluding hydrogens is 468 g/mol. The number of benzene rings is 2. The minimum absolute atomic E-state index is 0.229. The molecule has 0 saturated carbocycles. The predicted octanol–water partition coefficient (Wildman–Crippen LogP) is 4.91. The SMILES string of the molecule is Cc1cc(Nc2ncnc3ccc(CC4=N[C@@H](C(C)C)CO4)cc23)ccc1Oc1cc2nncn2cn1. The van der Waals surface area contributed by atoms with Crippen LogP contribution in [0.25, 0.3) is 16.6 Å². The average molecular weight is 495 g/mol. The summed E-state index contributed by atoms with van der Waals surface area (Å²) in [5.41, 5.74) is 4.47. The van der Waals surface area contributed by atoms with Crippen molar-refractivity contribution in [3.63, 3.8) is 0 Å². The standard InChI is InChI=1S/C27H26N8O2/c1-16(2)22-12-36-26(33-22)10-18-4-6-21-20(9-18)27(29-13-28-21)32-19-5-7-23(17(3)8-19)37-25-11-24-34-31-15-35(24)14-30-25/h4-9,11,13-16,22H,10,12H2,1-3H3,(H,28,29,32)/t22-/m1/s1. The Kier molecular flexibility index (Phi) is 5.84. The molecule has 10 heteroatoms. The van der Waals surface area contributed by atoms with E-state index in [0.29, 0.717) is 36.2 Å². The Hall–Kier alpha value is -4.60. The van der Waals surface area contributed by atoms with Gasteiger partial charge in [0.05, 0.1) is 11.6 Å². The van der Waals surface area contributed by atoms with Crippen LogP contribution < -0.4 is 10.1 Å². The molecule has 186 valence electrons. The quantitative estimate of drug-likeness (QED) is 0.340. The van der Waals surface area contributed by atoms with Crippen molar-refractivity contribution in [1.82, 2.24) is 29.5 Å². The molecule has 5 aromatic rings. The van der Waals surface area contributed by atoms with Crippen molar-refractivity contribution in [2.24, 2.45) is 10.9 Å². The predicted molar refractivity (Wildman–Crippen MR) is 141 cm³/mol. The molecule has 4 heterocycles. The summed E-state index contributed by atoms with van der Waals surface area (Å²) >= 11 is 0. The topological polar surface area (TPSA) is 112 Å². The molecule has 6 rings (SSSR count). The number of aryl methyl sites for hydroxylation is 1. The van der Waals surface area contributed by atoms with Gasteiger partial charge in [0.25, 0.3) is 0 Å². The van der Waals surface area contributed by atoms with Gasteiger partial charge in [0.15, 0.2) is 11.5 Å². The summed E-state index contributed by atoms with van der Waals surface area (Å²) in [5.74, 6) is 3.14. The third kappa shape index (κ3) is 4.77. The van der Waals surface area contributed by atoms with Gasteiger partial charge >= 0.3 is 0 Å². The van der Waals surface area contributed by atoms with Gasteiger partial charge in [-0.25, -0.2) is 19.9 Å². The highest BCUT2D eigenvalue weighted by molar-refractivity contribution is 5.92. The first-order valence-electron chi connectivity index (χ1n) is 12.2. The maximum absolute atomic E-state index is 5.99. The van der Waals surface area contributed by atoms with E-state index in [1.165, 1.54) is 0 Å². The largest absolute Gasteiger partial charge is 0.478 e. The third-order valence-electron chi connectivity index (χ3n) is 6.37. The van der Waals surface area contributed by atoms with Crippen molar-refractivity contribution in [1.29, 1.82) is 0 Å². The first kappa shape index (κ1) is 22.8. The Morgan fingerprint density at radius 1 is 1.08 bits per heavy atom. The van der Waals surface area contributed by atoms with Crippen molar-refractivity contribution in [2.75, 3.05) is 11.9 Å². The fourth-order valence-corrected chi connectivity index (χ4v) is 4.22. The van der Waals surface area contributed by atoms with Crippen molar-refractivity contribution < 1.29 is 9.47 Å². The van der Waals surface area contributed by atoms with Crippen LogP contribution in [0.2, 0.25) is 0 Å². The second kappa shape index (κ2) is 9.45. The van der Waals surface area contributed by atoms with Gasteiger partial charge in [-0.05, 0) is 54.3 Å². The number of aromatic nitrogens is 6. The Morgan fingerprint density at radius 2 is 2.00 bits per heavy atom. The Balaban J connectivity index is 1.22. The first-order chi connectivity index (χ1) is 18.0. The van der Waals surface area contributed by atoms with Crippen LogP contribution in [0.5, 0.6) is 11.6 Å². The van der Waals surface area contributed by atoms with Gasteiger partial charge in [0, 0.05) is 23.6 Å². The molecule has 37 heavy (non-hydrogen) atoms. The second-order valence-corrected chi connectivity index (χ2v) is 9.43. The van der Waals surface area contributed by atoms with Crippen LogP contribution >= 0.6 is 0 Å². The average Bonchev–Trinajstić information content (AvgIpc) is 3.55. The number of rotatable bonds is 7. The molecule has 0 fully saturated rings. The number of aliphatic imine (C=N–C) groups is 1. The van der Waals surface area contributed by atoms with Crippen molar-refractivity contribution in [3.8, 4) is 11.6 Å². The summed E-state index contributed by atoms with van der Waals surface area (Å²) in [5, 5.41) is 12.3. The van der Waals surface area contributed by atoms with E-state index in [1.807, 2.05) is 31.2 Å². The molecule has 0 aliphatic carbocycles. The van der Waals surface area contributed by atoms with Gasteiger partial charge in [0.1, 0.15) is 37.2 Å². The van der Waals surface area contributed by atoms with Crippen LogP contribution in [-0.2, 0) is 11.2 Å².